The lowest BCUT2D eigenvalue weighted by atomic mass is 10.2. The van der Waals surface area contributed by atoms with Crippen LogP contribution >= 0.6 is 11.8 Å². The molecule has 0 saturated carbocycles. The predicted octanol–water partition coefficient (Wildman–Crippen LogP) is 0.725. The molecule has 0 aliphatic heterocycles. The summed E-state index contributed by atoms with van der Waals surface area (Å²) in [7, 11) is 0. The molecule has 1 heterocycles. The van der Waals surface area contributed by atoms with Crippen LogP contribution in [0.1, 0.15) is 13.3 Å². The molecule has 22 heavy (non-hydrogen) atoms. The summed E-state index contributed by atoms with van der Waals surface area (Å²) in [6.45, 7) is 1.90. The fourth-order valence-electron chi connectivity index (χ4n) is 1.80. The van der Waals surface area contributed by atoms with Crippen LogP contribution in [0.4, 0.5) is 0 Å². The van der Waals surface area contributed by atoms with E-state index in [0.29, 0.717) is 10.9 Å². The molecule has 0 unspecified atom stereocenters. The van der Waals surface area contributed by atoms with Gasteiger partial charge in [-0.05, 0) is 19.1 Å². The van der Waals surface area contributed by atoms with Crippen molar-refractivity contribution < 1.29 is 14.3 Å². The van der Waals surface area contributed by atoms with Crippen molar-refractivity contribution in [2.75, 3.05) is 18.2 Å². The molecule has 0 spiro atoms. The minimum atomic E-state index is -0.565. The van der Waals surface area contributed by atoms with E-state index < -0.39 is 5.97 Å². The first kappa shape index (κ1) is 16.0. The first-order valence-electron chi connectivity index (χ1n) is 6.60. The molecule has 0 atom stereocenters. The summed E-state index contributed by atoms with van der Waals surface area (Å²) < 4.78 is 5.61. The van der Waals surface area contributed by atoms with Crippen LogP contribution in [-0.2, 0) is 14.3 Å². The minimum Gasteiger partial charge on any atom is -0.466 e. The van der Waals surface area contributed by atoms with Crippen molar-refractivity contribution in [2.24, 2.45) is 0 Å². The number of esters is 1. The van der Waals surface area contributed by atoms with Gasteiger partial charge in [-0.2, -0.15) is 0 Å². The maximum atomic E-state index is 12.1. The van der Waals surface area contributed by atoms with Crippen LogP contribution in [0.25, 0.3) is 10.9 Å². The Morgan fingerprint density at radius 2 is 2.09 bits per heavy atom. The van der Waals surface area contributed by atoms with Crippen molar-refractivity contribution in [1.82, 2.24) is 9.66 Å². The summed E-state index contributed by atoms with van der Waals surface area (Å²) in [5.41, 5.74) is 0.125. The molecule has 0 saturated heterocycles. The Labute approximate surface area is 130 Å². The number of carbonyl (C=O) groups excluding carboxylic acids is 2. The van der Waals surface area contributed by atoms with E-state index in [9.17, 15) is 14.4 Å². The fourth-order valence-corrected chi connectivity index (χ4v) is 2.57. The third-order valence-electron chi connectivity index (χ3n) is 2.78. The monoisotopic (exact) mass is 321 g/mol. The number of hydrogen-bond acceptors (Lipinski definition) is 7. The van der Waals surface area contributed by atoms with Gasteiger partial charge in [-0.15, -0.1) is 0 Å². The van der Waals surface area contributed by atoms with E-state index in [-0.39, 0.29) is 35.3 Å². The first-order valence-corrected chi connectivity index (χ1v) is 7.58. The number of carbonyl (C=O) groups is 2. The zero-order valence-corrected chi connectivity index (χ0v) is 12.8. The predicted molar refractivity (Wildman–Crippen MR) is 83.1 cm³/mol. The molecule has 0 aliphatic carbocycles. The van der Waals surface area contributed by atoms with Crippen molar-refractivity contribution in [2.45, 2.75) is 18.5 Å². The summed E-state index contributed by atoms with van der Waals surface area (Å²) >= 11 is 1.01. The smallest absolute Gasteiger partial charge is 0.313 e. The van der Waals surface area contributed by atoms with Crippen molar-refractivity contribution in [1.29, 1.82) is 0 Å². The molecule has 0 amide bonds. The van der Waals surface area contributed by atoms with Gasteiger partial charge in [0.25, 0.3) is 5.56 Å². The molecule has 2 aromatic rings. The molecule has 0 bridgehead atoms. The molecule has 0 radical (unpaired) electrons. The molecule has 7 nitrogen and oxygen atoms in total. The SMILES string of the molecule is CCOC(=O)CC(=O)CSc1nc2ccccc2c(=O)n1N. The van der Waals surface area contributed by atoms with E-state index in [0.717, 1.165) is 16.4 Å². The topological polar surface area (TPSA) is 104 Å². The molecule has 0 aliphatic rings. The summed E-state index contributed by atoms with van der Waals surface area (Å²) in [6, 6.07) is 6.81. The maximum absolute atomic E-state index is 12.1. The van der Waals surface area contributed by atoms with E-state index in [1.54, 1.807) is 31.2 Å². The van der Waals surface area contributed by atoms with Gasteiger partial charge < -0.3 is 10.6 Å². The molecule has 2 N–H and O–H groups in total. The van der Waals surface area contributed by atoms with Crippen LogP contribution < -0.4 is 11.4 Å². The van der Waals surface area contributed by atoms with Crippen molar-refractivity contribution in [3.8, 4) is 0 Å². The summed E-state index contributed by atoms with van der Waals surface area (Å²) in [5.74, 6) is 4.81. The zero-order valence-electron chi connectivity index (χ0n) is 11.9. The Bertz CT molecular complexity index is 772. The average Bonchev–Trinajstić information content (AvgIpc) is 2.49. The Kier molecular flexibility index (Phi) is 5.16. The lowest BCUT2D eigenvalue weighted by molar-refractivity contribution is -0.145. The molecular weight excluding hydrogens is 306 g/mol. The van der Waals surface area contributed by atoms with Gasteiger partial charge in [0.2, 0.25) is 0 Å². The summed E-state index contributed by atoms with van der Waals surface area (Å²) in [5, 5.41) is 0.633. The molecule has 8 heteroatoms. The number of thioether (sulfide) groups is 1. The number of nitrogens with two attached hydrogens (primary N) is 1. The molecule has 2 rings (SSSR count). The third kappa shape index (κ3) is 3.64. The van der Waals surface area contributed by atoms with Crippen LogP contribution in [0.2, 0.25) is 0 Å². The second-order valence-corrected chi connectivity index (χ2v) is 5.34. The average molecular weight is 321 g/mol. The molecule has 1 aromatic heterocycles. The zero-order chi connectivity index (χ0) is 16.1. The van der Waals surface area contributed by atoms with Crippen LogP contribution in [0.5, 0.6) is 0 Å². The maximum Gasteiger partial charge on any atom is 0.313 e. The number of Topliss-reactive ketones (excluding diaryl/α,β-unsaturated/α-hetero) is 1. The van der Waals surface area contributed by atoms with Crippen LogP contribution in [0, 0.1) is 0 Å². The minimum absolute atomic E-state index is 0.0131. The highest BCUT2D eigenvalue weighted by Crippen LogP contribution is 2.16. The largest absolute Gasteiger partial charge is 0.466 e. The van der Waals surface area contributed by atoms with Gasteiger partial charge in [0, 0.05) is 0 Å². The van der Waals surface area contributed by atoms with Gasteiger partial charge in [-0.3, -0.25) is 14.4 Å². The standard InChI is InChI=1S/C14H15N3O4S/c1-2-21-12(19)7-9(18)8-22-14-16-11-6-4-3-5-10(11)13(20)17(14)15/h3-6H,2,7-8,15H2,1H3. The normalized spacial score (nSPS) is 10.6. The third-order valence-corrected chi connectivity index (χ3v) is 3.80. The highest BCUT2D eigenvalue weighted by atomic mass is 32.2. The number of para-hydroxylation sites is 1. The van der Waals surface area contributed by atoms with Crippen LogP contribution in [-0.4, -0.2) is 33.8 Å². The Hall–Kier alpha value is -2.35. The Morgan fingerprint density at radius 1 is 1.36 bits per heavy atom. The van der Waals surface area contributed by atoms with Gasteiger partial charge >= 0.3 is 5.97 Å². The Morgan fingerprint density at radius 3 is 2.82 bits per heavy atom. The van der Waals surface area contributed by atoms with Crippen LogP contribution in [0.3, 0.4) is 0 Å². The lowest BCUT2D eigenvalue weighted by Gasteiger charge is -2.07. The Balaban J connectivity index is 2.12. The summed E-state index contributed by atoms with van der Waals surface area (Å²) in [6.07, 6.45) is -0.302. The van der Waals surface area contributed by atoms with Crippen molar-refractivity contribution in [3.05, 3.63) is 34.6 Å². The number of ketones is 1. The van der Waals surface area contributed by atoms with Crippen molar-refractivity contribution >= 4 is 34.4 Å². The van der Waals surface area contributed by atoms with E-state index in [4.69, 9.17) is 10.6 Å². The molecular formula is C14H15N3O4S. The lowest BCUT2D eigenvalue weighted by Crippen LogP contribution is -2.30. The quantitative estimate of drug-likeness (QED) is 0.275. The van der Waals surface area contributed by atoms with Gasteiger partial charge in [-0.1, -0.05) is 23.9 Å². The number of nitrogen functional groups attached to an aromatic ring is 1. The highest BCUT2D eigenvalue weighted by Gasteiger charge is 2.14. The first-order chi connectivity index (χ1) is 10.5. The highest BCUT2D eigenvalue weighted by molar-refractivity contribution is 7.99. The van der Waals surface area contributed by atoms with Gasteiger partial charge in [-0.25, -0.2) is 9.66 Å². The number of fused-ring (bicyclic) bond motifs is 1. The summed E-state index contributed by atoms with van der Waals surface area (Å²) in [4.78, 5) is 39.2. The number of rotatable bonds is 6. The molecule has 116 valence electrons. The van der Waals surface area contributed by atoms with Crippen LogP contribution in [0.15, 0.2) is 34.2 Å². The van der Waals surface area contributed by atoms with E-state index >= 15 is 0 Å². The fraction of sp³-hybridized carbons (Fsp3) is 0.286. The number of nitrogens with zero attached hydrogens (tertiary/aromatic N) is 2. The molecule has 0 fully saturated rings. The van der Waals surface area contributed by atoms with Gasteiger partial charge in [0.1, 0.15) is 6.42 Å². The number of aromatic nitrogens is 2. The van der Waals surface area contributed by atoms with Gasteiger partial charge in [0.05, 0.1) is 23.3 Å². The molecule has 1 aromatic carbocycles. The van der Waals surface area contributed by atoms with E-state index in [1.807, 2.05) is 0 Å². The number of hydrogen-bond donors (Lipinski definition) is 1. The number of benzene rings is 1. The number of ether oxygens (including phenoxy) is 1. The van der Waals surface area contributed by atoms with E-state index in [2.05, 4.69) is 4.98 Å². The van der Waals surface area contributed by atoms with Gasteiger partial charge in [0.15, 0.2) is 10.9 Å². The van der Waals surface area contributed by atoms with Crippen molar-refractivity contribution in [3.63, 3.8) is 0 Å². The van der Waals surface area contributed by atoms with E-state index in [1.165, 1.54) is 0 Å². The second-order valence-electron chi connectivity index (χ2n) is 4.40. The second kappa shape index (κ2) is 7.08.